The molecule has 1 unspecified atom stereocenters. The van der Waals surface area contributed by atoms with Crippen molar-refractivity contribution in [2.75, 3.05) is 13.2 Å². The van der Waals surface area contributed by atoms with Gasteiger partial charge in [0.1, 0.15) is 13.2 Å². The molecule has 0 saturated heterocycles. The Morgan fingerprint density at radius 3 is 0.923 bits per heavy atom. The molecule has 0 heterocycles. The Labute approximate surface area is 402 Å². The molecule has 0 bridgehead atoms. The first-order chi connectivity index (χ1) is 32.0. The number of allylic oxidation sites excluding steroid dienone is 10. The Morgan fingerprint density at radius 2 is 0.600 bits per heavy atom. The van der Waals surface area contributed by atoms with E-state index in [1.165, 1.54) is 154 Å². The number of carbonyl (C=O) groups is 3. The lowest BCUT2D eigenvalue weighted by molar-refractivity contribution is -0.167. The van der Waals surface area contributed by atoms with Gasteiger partial charge in [-0.15, -0.1) is 0 Å². The molecule has 6 nitrogen and oxygen atoms in total. The van der Waals surface area contributed by atoms with Gasteiger partial charge in [0.15, 0.2) is 6.10 Å². The first kappa shape index (κ1) is 62.1. The van der Waals surface area contributed by atoms with Crippen molar-refractivity contribution in [1.82, 2.24) is 0 Å². The van der Waals surface area contributed by atoms with Crippen molar-refractivity contribution in [3.8, 4) is 0 Å². The monoisotopic (exact) mass is 909 g/mol. The van der Waals surface area contributed by atoms with Gasteiger partial charge in [-0.25, -0.2) is 0 Å². The lowest BCUT2D eigenvalue weighted by Gasteiger charge is -2.18. The summed E-state index contributed by atoms with van der Waals surface area (Å²) in [7, 11) is 0. The summed E-state index contributed by atoms with van der Waals surface area (Å²) >= 11 is 0. The lowest BCUT2D eigenvalue weighted by Crippen LogP contribution is -2.30. The molecule has 0 amide bonds. The smallest absolute Gasteiger partial charge is 0.306 e. The molecule has 6 heteroatoms. The average Bonchev–Trinajstić information content (AvgIpc) is 3.30. The van der Waals surface area contributed by atoms with E-state index in [-0.39, 0.29) is 37.5 Å². The average molecular weight is 909 g/mol. The number of hydrogen-bond acceptors (Lipinski definition) is 6. The Bertz CT molecular complexity index is 1180. The van der Waals surface area contributed by atoms with Crippen molar-refractivity contribution < 1.29 is 28.6 Å². The van der Waals surface area contributed by atoms with Crippen LogP contribution < -0.4 is 0 Å². The number of rotatable bonds is 50. The summed E-state index contributed by atoms with van der Waals surface area (Å²) in [5.41, 5.74) is 0. The highest BCUT2D eigenvalue weighted by atomic mass is 16.6. The van der Waals surface area contributed by atoms with E-state index in [2.05, 4.69) is 81.5 Å². The molecule has 0 spiro atoms. The summed E-state index contributed by atoms with van der Waals surface area (Å²) in [6.07, 6.45) is 66.5. The second kappa shape index (κ2) is 53.7. The van der Waals surface area contributed by atoms with Crippen LogP contribution in [-0.4, -0.2) is 37.2 Å². The van der Waals surface area contributed by atoms with Crippen molar-refractivity contribution in [3.05, 3.63) is 60.8 Å². The number of ether oxygens (including phenoxy) is 3. The second-order valence-corrected chi connectivity index (χ2v) is 18.5. The van der Waals surface area contributed by atoms with E-state index >= 15 is 0 Å². The van der Waals surface area contributed by atoms with Gasteiger partial charge in [0.25, 0.3) is 0 Å². The van der Waals surface area contributed by atoms with Crippen molar-refractivity contribution in [1.29, 1.82) is 0 Å². The minimum absolute atomic E-state index is 0.0931. The molecular formula is C59H104O6. The second-order valence-electron chi connectivity index (χ2n) is 18.5. The molecule has 0 radical (unpaired) electrons. The third kappa shape index (κ3) is 51.9. The van der Waals surface area contributed by atoms with Crippen molar-refractivity contribution in [2.45, 2.75) is 284 Å². The van der Waals surface area contributed by atoms with Crippen LogP contribution in [0.4, 0.5) is 0 Å². The highest BCUT2D eigenvalue weighted by molar-refractivity contribution is 5.71. The molecule has 65 heavy (non-hydrogen) atoms. The summed E-state index contributed by atoms with van der Waals surface area (Å²) in [4.78, 5) is 38.0. The highest BCUT2D eigenvalue weighted by Gasteiger charge is 2.19. The van der Waals surface area contributed by atoms with Gasteiger partial charge in [-0.3, -0.25) is 14.4 Å². The maximum absolute atomic E-state index is 12.8. The highest BCUT2D eigenvalue weighted by Crippen LogP contribution is 2.16. The topological polar surface area (TPSA) is 78.9 Å². The largest absolute Gasteiger partial charge is 0.462 e. The van der Waals surface area contributed by atoms with Crippen LogP contribution in [0.1, 0.15) is 278 Å². The normalized spacial score (nSPS) is 12.5. The number of esters is 3. The van der Waals surface area contributed by atoms with E-state index in [9.17, 15) is 14.4 Å². The molecule has 0 aromatic heterocycles. The molecule has 0 aliphatic carbocycles. The van der Waals surface area contributed by atoms with E-state index in [4.69, 9.17) is 14.2 Å². The fourth-order valence-corrected chi connectivity index (χ4v) is 7.89. The minimum atomic E-state index is -0.800. The molecular weight excluding hydrogens is 805 g/mol. The zero-order valence-corrected chi connectivity index (χ0v) is 43.0. The zero-order chi connectivity index (χ0) is 47.2. The Balaban J connectivity index is 4.38. The van der Waals surface area contributed by atoms with E-state index in [0.717, 1.165) is 77.0 Å². The number of carbonyl (C=O) groups excluding carboxylic acids is 3. The SMILES string of the molecule is CC/C=C\C/C=C\C/C=C\C/C=C\C/C=C\CCCC(=O)OC(COC(=O)CCCCCCCCCCCCC)COC(=O)CCCCCCCCCCCCCCCCCCCCC. The third-order valence-electron chi connectivity index (χ3n) is 12.0. The van der Waals surface area contributed by atoms with E-state index < -0.39 is 6.10 Å². The molecule has 0 aliphatic rings. The molecule has 0 saturated carbocycles. The molecule has 1 atom stereocenters. The standard InChI is InChI=1S/C59H104O6/c1-4-7-10-13-16-19-22-24-26-28-29-31-32-34-37-40-43-46-49-52-58(61)64-55-56(54-63-57(60)51-48-45-42-39-36-21-18-15-12-9-6-3)65-59(62)53-50-47-44-41-38-35-33-30-27-25-23-20-17-14-11-8-5-2/h8,11,17,20,25,27,33,35,41,44,56H,4-7,9-10,12-16,18-19,21-24,26,28-32,34,36-40,42-43,45-55H2,1-3H3/b11-8-,20-17-,27-25-,35-33-,44-41-. The maximum Gasteiger partial charge on any atom is 0.306 e. The fraction of sp³-hybridized carbons (Fsp3) is 0.780. The summed E-state index contributed by atoms with van der Waals surface area (Å²) in [6, 6.07) is 0. The van der Waals surface area contributed by atoms with Gasteiger partial charge >= 0.3 is 17.9 Å². The first-order valence-electron chi connectivity index (χ1n) is 27.8. The van der Waals surface area contributed by atoms with Crippen LogP contribution in [0.2, 0.25) is 0 Å². The van der Waals surface area contributed by atoms with E-state index in [1.807, 2.05) is 0 Å². The van der Waals surface area contributed by atoms with Gasteiger partial charge in [0, 0.05) is 19.3 Å². The summed E-state index contributed by atoms with van der Waals surface area (Å²) < 4.78 is 16.8. The van der Waals surface area contributed by atoms with Crippen LogP contribution in [-0.2, 0) is 28.6 Å². The van der Waals surface area contributed by atoms with Crippen molar-refractivity contribution in [2.24, 2.45) is 0 Å². The molecule has 0 fully saturated rings. The van der Waals surface area contributed by atoms with Crippen LogP contribution in [0.3, 0.4) is 0 Å². The van der Waals surface area contributed by atoms with Crippen LogP contribution >= 0.6 is 0 Å². The first-order valence-corrected chi connectivity index (χ1v) is 27.8. The molecule has 0 aromatic rings. The van der Waals surface area contributed by atoms with Gasteiger partial charge in [0.2, 0.25) is 0 Å². The predicted octanol–water partition coefficient (Wildman–Crippen LogP) is 18.4. The molecule has 0 aliphatic heterocycles. The van der Waals surface area contributed by atoms with Crippen LogP contribution in [0.15, 0.2) is 60.8 Å². The van der Waals surface area contributed by atoms with Crippen LogP contribution in [0.25, 0.3) is 0 Å². The Morgan fingerprint density at radius 1 is 0.323 bits per heavy atom. The fourth-order valence-electron chi connectivity index (χ4n) is 7.89. The summed E-state index contributed by atoms with van der Waals surface area (Å²) in [6.45, 7) is 6.50. The Kier molecular flexibility index (Phi) is 51.3. The Hall–Kier alpha value is -2.89. The zero-order valence-electron chi connectivity index (χ0n) is 43.0. The quantitative estimate of drug-likeness (QED) is 0.0262. The number of hydrogen-bond donors (Lipinski definition) is 0. The molecule has 376 valence electrons. The van der Waals surface area contributed by atoms with Gasteiger partial charge in [-0.1, -0.05) is 261 Å². The minimum Gasteiger partial charge on any atom is -0.462 e. The van der Waals surface area contributed by atoms with Gasteiger partial charge < -0.3 is 14.2 Å². The van der Waals surface area contributed by atoms with Gasteiger partial charge in [-0.05, 0) is 57.8 Å². The molecule has 0 rings (SSSR count). The van der Waals surface area contributed by atoms with Gasteiger partial charge in [0.05, 0.1) is 0 Å². The maximum atomic E-state index is 12.8. The van der Waals surface area contributed by atoms with E-state index in [1.54, 1.807) is 0 Å². The third-order valence-corrected chi connectivity index (χ3v) is 12.0. The molecule has 0 N–H and O–H groups in total. The van der Waals surface area contributed by atoms with Crippen molar-refractivity contribution >= 4 is 17.9 Å². The predicted molar refractivity (Wildman–Crippen MR) is 279 cm³/mol. The van der Waals surface area contributed by atoms with Crippen molar-refractivity contribution in [3.63, 3.8) is 0 Å². The lowest BCUT2D eigenvalue weighted by atomic mass is 10.0. The van der Waals surface area contributed by atoms with E-state index in [0.29, 0.717) is 19.3 Å². The summed E-state index contributed by atoms with van der Waals surface area (Å²) in [5.74, 6) is -0.942. The number of unbranched alkanes of at least 4 members (excludes halogenated alkanes) is 29. The van der Waals surface area contributed by atoms with Crippen LogP contribution in [0, 0.1) is 0 Å². The molecule has 0 aromatic carbocycles. The summed E-state index contributed by atoms with van der Waals surface area (Å²) in [5, 5.41) is 0. The van der Waals surface area contributed by atoms with Gasteiger partial charge in [-0.2, -0.15) is 0 Å². The van der Waals surface area contributed by atoms with Crippen LogP contribution in [0.5, 0.6) is 0 Å².